The zero-order chi connectivity index (χ0) is 20.1. The van der Waals surface area contributed by atoms with E-state index in [0.29, 0.717) is 0 Å². The molecule has 0 amide bonds. The first kappa shape index (κ1) is 21.8. The van der Waals surface area contributed by atoms with Gasteiger partial charge in [0.1, 0.15) is 24.6 Å². The summed E-state index contributed by atoms with van der Waals surface area (Å²) in [6.45, 7) is 1.72. The fraction of sp³-hybridized carbons (Fsp3) is 0.500. The average molecular weight is 384 g/mol. The number of hydrogen-bond acceptors (Lipinski definition) is 5. The SMILES string of the molecule is CC(C)(O)C(=O)c1ccc(OCCOC(=O)C(F)C(F)C(F)(F)F)cc1. The van der Waals surface area contributed by atoms with E-state index in [1.54, 1.807) is 0 Å². The van der Waals surface area contributed by atoms with Crippen molar-refractivity contribution in [1.29, 1.82) is 0 Å². The highest BCUT2D eigenvalue weighted by atomic mass is 19.4. The number of rotatable bonds is 8. The molecule has 1 aromatic carbocycles. The van der Waals surface area contributed by atoms with Gasteiger partial charge in [0.25, 0.3) is 0 Å². The molecule has 2 atom stereocenters. The lowest BCUT2D eigenvalue weighted by Crippen LogP contribution is -2.39. The second-order valence-corrected chi connectivity index (χ2v) is 5.77. The van der Waals surface area contributed by atoms with Crippen LogP contribution in [0.15, 0.2) is 24.3 Å². The second kappa shape index (κ2) is 8.43. The van der Waals surface area contributed by atoms with Crippen LogP contribution in [0.5, 0.6) is 5.75 Å². The molecule has 146 valence electrons. The Morgan fingerprint density at radius 2 is 1.62 bits per heavy atom. The van der Waals surface area contributed by atoms with Crippen molar-refractivity contribution in [2.75, 3.05) is 13.2 Å². The van der Waals surface area contributed by atoms with E-state index in [1.165, 1.54) is 38.1 Å². The smallest absolute Gasteiger partial charge is 0.423 e. The third-order valence-electron chi connectivity index (χ3n) is 3.06. The molecule has 0 aliphatic heterocycles. The van der Waals surface area contributed by atoms with Gasteiger partial charge in [-0.15, -0.1) is 0 Å². The van der Waals surface area contributed by atoms with Crippen LogP contribution in [0.25, 0.3) is 0 Å². The lowest BCUT2D eigenvalue weighted by atomic mass is 9.97. The Kier molecular flexibility index (Phi) is 7.08. The molecule has 0 bridgehead atoms. The van der Waals surface area contributed by atoms with Crippen LogP contribution in [0.2, 0.25) is 0 Å². The highest BCUT2D eigenvalue weighted by molar-refractivity contribution is 6.01. The Morgan fingerprint density at radius 1 is 1.08 bits per heavy atom. The second-order valence-electron chi connectivity index (χ2n) is 5.77. The molecule has 0 saturated carbocycles. The van der Waals surface area contributed by atoms with Gasteiger partial charge in [-0.05, 0) is 38.1 Å². The lowest BCUT2D eigenvalue weighted by molar-refractivity contribution is -0.204. The lowest BCUT2D eigenvalue weighted by Gasteiger charge is -2.16. The van der Waals surface area contributed by atoms with Gasteiger partial charge in [0, 0.05) is 5.56 Å². The van der Waals surface area contributed by atoms with E-state index < -0.39 is 42.5 Å². The summed E-state index contributed by atoms with van der Waals surface area (Å²) in [5, 5.41) is 9.61. The van der Waals surface area contributed by atoms with Gasteiger partial charge in [0.2, 0.25) is 12.3 Å². The van der Waals surface area contributed by atoms with Gasteiger partial charge >= 0.3 is 12.1 Å². The van der Waals surface area contributed by atoms with Gasteiger partial charge in [0.05, 0.1) is 0 Å². The Balaban J connectivity index is 2.45. The van der Waals surface area contributed by atoms with E-state index >= 15 is 0 Å². The Morgan fingerprint density at radius 3 is 2.08 bits per heavy atom. The molecule has 0 fully saturated rings. The van der Waals surface area contributed by atoms with E-state index in [0.717, 1.165) is 0 Å². The summed E-state index contributed by atoms with van der Waals surface area (Å²) in [4.78, 5) is 22.8. The zero-order valence-electron chi connectivity index (χ0n) is 13.8. The van der Waals surface area contributed by atoms with Crippen molar-refractivity contribution in [3.05, 3.63) is 29.8 Å². The number of carbonyl (C=O) groups excluding carboxylic acids is 2. The number of alkyl halides is 5. The van der Waals surface area contributed by atoms with E-state index in [4.69, 9.17) is 4.74 Å². The van der Waals surface area contributed by atoms with E-state index in [1.807, 2.05) is 0 Å². The Bertz CT molecular complexity index is 621. The molecule has 2 unspecified atom stereocenters. The maximum absolute atomic E-state index is 13.0. The molecule has 1 rings (SSSR count). The first-order chi connectivity index (χ1) is 11.8. The summed E-state index contributed by atoms with van der Waals surface area (Å²) >= 11 is 0. The Hall–Kier alpha value is -2.23. The number of ketones is 1. The molecule has 0 radical (unpaired) electrons. The van der Waals surface area contributed by atoms with Crippen molar-refractivity contribution in [2.24, 2.45) is 0 Å². The van der Waals surface area contributed by atoms with E-state index in [9.17, 15) is 36.6 Å². The molecule has 5 nitrogen and oxygen atoms in total. The zero-order valence-corrected chi connectivity index (χ0v) is 13.8. The summed E-state index contributed by atoms with van der Waals surface area (Å²) in [5.41, 5.74) is -1.33. The molecule has 0 aromatic heterocycles. The highest BCUT2D eigenvalue weighted by Crippen LogP contribution is 2.27. The number of esters is 1. The van der Waals surface area contributed by atoms with Crippen LogP contribution in [-0.2, 0) is 9.53 Å². The maximum atomic E-state index is 13.0. The molecule has 1 aromatic rings. The summed E-state index contributed by atoms with van der Waals surface area (Å²) in [6, 6.07) is 5.49. The van der Waals surface area contributed by atoms with Crippen LogP contribution in [0, 0.1) is 0 Å². The molecule has 1 N–H and O–H groups in total. The first-order valence-electron chi connectivity index (χ1n) is 7.35. The minimum Gasteiger partial charge on any atom is -0.490 e. The van der Waals surface area contributed by atoms with Gasteiger partial charge in [-0.25, -0.2) is 13.6 Å². The average Bonchev–Trinajstić information content (AvgIpc) is 2.55. The maximum Gasteiger partial charge on any atom is 0.423 e. The van der Waals surface area contributed by atoms with Crippen molar-refractivity contribution in [3.8, 4) is 5.75 Å². The molecular formula is C16H17F5O5. The van der Waals surface area contributed by atoms with E-state index in [-0.39, 0.29) is 17.9 Å². The van der Waals surface area contributed by atoms with Crippen molar-refractivity contribution >= 4 is 11.8 Å². The largest absolute Gasteiger partial charge is 0.490 e. The number of benzene rings is 1. The molecule has 0 aliphatic rings. The fourth-order valence-electron chi connectivity index (χ4n) is 1.72. The van der Waals surface area contributed by atoms with Crippen LogP contribution >= 0.6 is 0 Å². The van der Waals surface area contributed by atoms with Gasteiger partial charge in [-0.3, -0.25) is 4.79 Å². The van der Waals surface area contributed by atoms with Crippen LogP contribution < -0.4 is 4.74 Å². The van der Waals surface area contributed by atoms with Crippen molar-refractivity contribution in [1.82, 2.24) is 0 Å². The van der Waals surface area contributed by atoms with Gasteiger partial charge in [-0.2, -0.15) is 13.2 Å². The van der Waals surface area contributed by atoms with Gasteiger partial charge in [0.15, 0.2) is 5.78 Å². The number of aliphatic hydroxyl groups is 1. The first-order valence-corrected chi connectivity index (χ1v) is 7.35. The Labute approximate surface area is 145 Å². The van der Waals surface area contributed by atoms with E-state index in [2.05, 4.69) is 4.74 Å². The monoisotopic (exact) mass is 384 g/mol. The number of Topliss-reactive ketones (excluding diaryl/α,β-unsaturated/α-hetero) is 1. The number of halogens is 5. The van der Waals surface area contributed by atoms with Crippen LogP contribution in [0.3, 0.4) is 0 Å². The van der Waals surface area contributed by atoms with Gasteiger partial charge in [-0.1, -0.05) is 0 Å². The third kappa shape index (κ3) is 6.25. The van der Waals surface area contributed by atoms with Crippen molar-refractivity contribution in [2.45, 2.75) is 38.0 Å². The predicted molar refractivity (Wildman–Crippen MR) is 79.4 cm³/mol. The quantitative estimate of drug-likeness (QED) is 0.323. The number of ether oxygens (including phenoxy) is 2. The third-order valence-corrected chi connectivity index (χ3v) is 3.06. The summed E-state index contributed by atoms with van der Waals surface area (Å²) < 4.78 is 70.7. The van der Waals surface area contributed by atoms with Crippen LogP contribution in [0.1, 0.15) is 24.2 Å². The molecule has 0 spiro atoms. The van der Waals surface area contributed by atoms with Crippen LogP contribution in [-0.4, -0.2) is 54.2 Å². The summed E-state index contributed by atoms with van der Waals surface area (Å²) in [6.07, 6.45) is -12.9. The minimum absolute atomic E-state index is 0.220. The fourth-order valence-corrected chi connectivity index (χ4v) is 1.72. The minimum atomic E-state index is -5.50. The normalized spacial score (nSPS) is 14.5. The predicted octanol–water partition coefficient (Wildman–Crippen LogP) is 2.80. The number of hydrogen-bond donors (Lipinski definition) is 1. The van der Waals surface area contributed by atoms with Gasteiger partial charge < -0.3 is 14.6 Å². The van der Waals surface area contributed by atoms with Crippen molar-refractivity contribution < 1.29 is 46.1 Å². The molecule has 0 heterocycles. The van der Waals surface area contributed by atoms with Crippen molar-refractivity contribution in [3.63, 3.8) is 0 Å². The topological polar surface area (TPSA) is 72.8 Å². The standard InChI is InChI=1S/C16H17F5O5/c1-15(2,24)13(22)9-3-5-10(6-4-9)25-7-8-26-14(23)11(17)12(18)16(19,20)21/h3-6,11-12,24H,7-8H2,1-2H3. The molecule has 10 heteroatoms. The number of carbonyl (C=O) groups is 2. The molecular weight excluding hydrogens is 367 g/mol. The highest BCUT2D eigenvalue weighted by Gasteiger charge is 2.49. The molecule has 26 heavy (non-hydrogen) atoms. The molecule has 0 aliphatic carbocycles. The molecule has 0 saturated heterocycles. The summed E-state index contributed by atoms with van der Waals surface area (Å²) in [5.74, 6) is -2.27. The van der Waals surface area contributed by atoms with Crippen LogP contribution in [0.4, 0.5) is 22.0 Å². The summed E-state index contributed by atoms with van der Waals surface area (Å²) in [7, 11) is 0.